The molecule has 5 rings (SSSR count). The largest absolute Gasteiger partial charge is 0.410 e. The third kappa shape index (κ3) is 3.30. The van der Waals surface area contributed by atoms with Crippen molar-refractivity contribution in [2.45, 2.75) is 24.7 Å². The maximum Gasteiger partial charge on any atom is 0.410 e. The number of aromatic nitrogens is 2. The molecule has 158 valence electrons. The maximum absolute atomic E-state index is 13.9. The molecule has 0 unspecified atom stereocenters. The molecule has 0 saturated carbocycles. The van der Waals surface area contributed by atoms with Gasteiger partial charge in [-0.15, -0.1) is 11.3 Å². The predicted octanol–water partition coefficient (Wildman–Crippen LogP) is 6.65. The summed E-state index contributed by atoms with van der Waals surface area (Å²) < 4.78 is 43.3. The van der Waals surface area contributed by atoms with Crippen LogP contribution in [0.25, 0.3) is 10.1 Å². The molecule has 4 aromatic rings. The van der Waals surface area contributed by atoms with Crippen molar-refractivity contribution in [3.8, 4) is 0 Å². The average Bonchev–Trinajstić information content (AvgIpc) is 3.37. The summed E-state index contributed by atoms with van der Waals surface area (Å²) >= 11 is 7.76. The SMILES string of the molecule is O=C(c1sc2ccccc2c1Cl)N1c2ccnn2[C@@H](C(F)(F)F)C[C@@H]1c1ccccc1. The zero-order chi connectivity index (χ0) is 21.8. The van der Waals surface area contributed by atoms with E-state index in [2.05, 4.69) is 5.10 Å². The molecule has 1 amide bonds. The number of carbonyl (C=O) groups excluding carboxylic acids is 1. The minimum Gasteiger partial charge on any atom is -0.284 e. The Balaban J connectivity index is 1.68. The smallest absolute Gasteiger partial charge is 0.284 e. The van der Waals surface area contributed by atoms with Crippen LogP contribution in [0, 0.1) is 0 Å². The molecule has 0 radical (unpaired) electrons. The molecule has 4 nitrogen and oxygen atoms in total. The van der Waals surface area contributed by atoms with Crippen LogP contribution in [-0.4, -0.2) is 21.9 Å². The van der Waals surface area contributed by atoms with Crippen LogP contribution in [0.15, 0.2) is 66.9 Å². The van der Waals surface area contributed by atoms with Gasteiger partial charge in [-0.3, -0.25) is 9.69 Å². The van der Waals surface area contributed by atoms with Crippen LogP contribution in [0.5, 0.6) is 0 Å². The number of hydrogen-bond acceptors (Lipinski definition) is 3. The second-order valence-electron chi connectivity index (χ2n) is 7.27. The number of carbonyl (C=O) groups is 1. The number of thiophene rings is 1. The lowest BCUT2D eigenvalue weighted by Gasteiger charge is -2.40. The first-order valence-electron chi connectivity index (χ1n) is 9.52. The molecule has 0 bridgehead atoms. The number of halogens is 4. The number of alkyl halides is 3. The van der Waals surface area contributed by atoms with Gasteiger partial charge in [0, 0.05) is 22.6 Å². The second-order valence-corrected chi connectivity index (χ2v) is 8.70. The number of fused-ring (bicyclic) bond motifs is 2. The first-order chi connectivity index (χ1) is 14.9. The number of hydrogen-bond donors (Lipinski definition) is 0. The van der Waals surface area contributed by atoms with Crippen LogP contribution >= 0.6 is 22.9 Å². The first-order valence-corrected chi connectivity index (χ1v) is 10.7. The summed E-state index contributed by atoms with van der Waals surface area (Å²) in [6, 6.07) is 14.9. The summed E-state index contributed by atoms with van der Waals surface area (Å²) in [6.07, 6.45) is -3.55. The van der Waals surface area contributed by atoms with Crippen molar-refractivity contribution in [2.24, 2.45) is 0 Å². The van der Waals surface area contributed by atoms with E-state index in [9.17, 15) is 18.0 Å². The van der Waals surface area contributed by atoms with Gasteiger partial charge in [-0.1, -0.05) is 60.1 Å². The Morgan fingerprint density at radius 3 is 2.48 bits per heavy atom. The highest BCUT2D eigenvalue weighted by Crippen LogP contribution is 2.48. The summed E-state index contributed by atoms with van der Waals surface area (Å²) in [5.41, 5.74) is 0.620. The molecule has 1 aliphatic heterocycles. The van der Waals surface area contributed by atoms with Gasteiger partial charge in [0.2, 0.25) is 0 Å². The third-order valence-corrected chi connectivity index (χ3v) is 7.12. The van der Waals surface area contributed by atoms with Crippen LogP contribution in [0.2, 0.25) is 5.02 Å². The van der Waals surface area contributed by atoms with Gasteiger partial charge in [-0.2, -0.15) is 18.3 Å². The van der Waals surface area contributed by atoms with Crippen molar-refractivity contribution >= 4 is 44.7 Å². The normalized spacial score (nSPS) is 18.9. The van der Waals surface area contributed by atoms with Crippen molar-refractivity contribution in [1.82, 2.24) is 9.78 Å². The van der Waals surface area contributed by atoms with Crippen LogP contribution in [0.3, 0.4) is 0 Å². The molecule has 2 aromatic heterocycles. The van der Waals surface area contributed by atoms with E-state index in [1.54, 1.807) is 30.3 Å². The maximum atomic E-state index is 13.9. The number of rotatable bonds is 2. The Morgan fingerprint density at radius 1 is 1.06 bits per heavy atom. The quantitative estimate of drug-likeness (QED) is 0.335. The Kier molecular flexibility index (Phi) is 4.79. The summed E-state index contributed by atoms with van der Waals surface area (Å²) in [6.45, 7) is 0. The van der Waals surface area contributed by atoms with E-state index < -0.39 is 24.2 Å². The van der Waals surface area contributed by atoms with Gasteiger partial charge in [0.1, 0.15) is 10.7 Å². The highest BCUT2D eigenvalue weighted by atomic mass is 35.5. The van der Waals surface area contributed by atoms with Gasteiger partial charge in [0.15, 0.2) is 6.04 Å². The van der Waals surface area contributed by atoms with Crippen molar-refractivity contribution in [1.29, 1.82) is 0 Å². The standard InChI is InChI=1S/C22H15ClF3N3OS/c23-19-14-8-4-5-9-16(14)31-20(19)21(30)28-15(13-6-2-1-3-7-13)12-17(22(24,25)26)29-18(28)10-11-27-29/h1-11,15,17H,12H2/t15-,17-/m1/s1. The molecule has 0 aliphatic carbocycles. The number of nitrogens with zero attached hydrogens (tertiary/aromatic N) is 3. The Hall–Kier alpha value is -2.84. The monoisotopic (exact) mass is 461 g/mol. The van der Waals surface area contributed by atoms with Crippen LogP contribution in [0.1, 0.15) is 33.7 Å². The average molecular weight is 462 g/mol. The van der Waals surface area contributed by atoms with Gasteiger partial charge in [-0.05, 0) is 11.6 Å². The van der Waals surface area contributed by atoms with Gasteiger partial charge in [0.25, 0.3) is 5.91 Å². The molecule has 1 aliphatic rings. The topological polar surface area (TPSA) is 38.1 Å². The fourth-order valence-electron chi connectivity index (χ4n) is 4.05. The highest BCUT2D eigenvalue weighted by molar-refractivity contribution is 7.21. The zero-order valence-electron chi connectivity index (χ0n) is 15.9. The molecule has 0 N–H and O–H groups in total. The molecule has 31 heavy (non-hydrogen) atoms. The Morgan fingerprint density at radius 2 is 1.77 bits per heavy atom. The van der Waals surface area contributed by atoms with Gasteiger partial charge < -0.3 is 0 Å². The molecular formula is C22H15ClF3N3OS. The van der Waals surface area contributed by atoms with Crippen LogP contribution in [0.4, 0.5) is 19.0 Å². The lowest BCUT2D eigenvalue weighted by molar-refractivity contribution is -0.174. The lowest BCUT2D eigenvalue weighted by atomic mass is 9.95. The fourth-order valence-corrected chi connectivity index (χ4v) is 5.50. The first kappa shape index (κ1) is 20.1. The van der Waals surface area contributed by atoms with Crippen molar-refractivity contribution in [3.05, 3.63) is 82.3 Å². The van der Waals surface area contributed by atoms with E-state index in [0.717, 1.165) is 14.8 Å². The minimum absolute atomic E-state index is 0.0981. The Bertz CT molecular complexity index is 1270. The lowest BCUT2D eigenvalue weighted by Crippen LogP contribution is -2.45. The van der Waals surface area contributed by atoms with Gasteiger partial charge in [0.05, 0.1) is 17.3 Å². The van der Waals surface area contributed by atoms with Crippen molar-refractivity contribution < 1.29 is 18.0 Å². The van der Waals surface area contributed by atoms with E-state index in [1.807, 2.05) is 24.3 Å². The molecule has 0 saturated heterocycles. The molecule has 2 aromatic carbocycles. The molecule has 0 spiro atoms. The predicted molar refractivity (Wildman–Crippen MR) is 115 cm³/mol. The molecule has 2 atom stereocenters. The van der Waals surface area contributed by atoms with Gasteiger partial charge in [-0.25, -0.2) is 4.68 Å². The third-order valence-electron chi connectivity index (χ3n) is 5.46. The van der Waals surface area contributed by atoms with E-state index in [1.165, 1.54) is 28.5 Å². The summed E-state index contributed by atoms with van der Waals surface area (Å²) in [4.78, 5) is 15.4. The minimum atomic E-state index is -4.50. The summed E-state index contributed by atoms with van der Waals surface area (Å²) in [5.74, 6) is -0.344. The number of anilines is 1. The summed E-state index contributed by atoms with van der Waals surface area (Å²) in [5, 5.41) is 4.95. The molecule has 3 heterocycles. The number of amides is 1. The number of benzene rings is 2. The van der Waals surface area contributed by atoms with Crippen molar-refractivity contribution in [2.75, 3.05) is 4.90 Å². The molecule has 9 heteroatoms. The van der Waals surface area contributed by atoms with E-state index in [4.69, 9.17) is 11.6 Å². The summed E-state index contributed by atoms with van der Waals surface area (Å²) in [7, 11) is 0. The second kappa shape index (κ2) is 7.39. The zero-order valence-corrected chi connectivity index (χ0v) is 17.5. The Labute approximate surface area is 184 Å². The molecular weight excluding hydrogens is 447 g/mol. The molecule has 0 fully saturated rings. The fraction of sp³-hybridized carbons (Fsp3) is 0.182. The highest BCUT2D eigenvalue weighted by Gasteiger charge is 2.50. The van der Waals surface area contributed by atoms with Crippen LogP contribution < -0.4 is 4.90 Å². The van der Waals surface area contributed by atoms with E-state index in [0.29, 0.717) is 15.5 Å². The van der Waals surface area contributed by atoms with Crippen LogP contribution in [-0.2, 0) is 0 Å². The van der Waals surface area contributed by atoms with Crippen molar-refractivity contribution in [3.63, 3.8) is 0 Å². The van der Waals surface area contributed by atoms with E-state index in [-0.39, 0.29) is 12.2 Å². The van der Waals surface area contributed by atoms with Gasteiger partial charge >= 0.3 is 6.18 Å². The van der Waals surface area contributed by atoms with E-state index >= 15 is 0 Å².